The summed E-state index contributed by atoms with van der Waals surface area (Å²) in [5.74, 6) is -2.29. The molecule has 1 aromatic rings. The van der Waals surface area contributed by atoms with Crippen LogP contribution in [0.4, 0.5) is 0 Å². The lowest BCUT2D eigenvalue weighted by molar-refractivity contribution is -0.166. The molecule has 1 aromatic carbocycles. The number of carbonyl (C=O) groups is 2. The third-order valence-electron chi connectivity index (χ3n) is 4.34. The summed E-state index contributed by atoms with van der Waals surface area (Å²) < 4.78 is 10.3. The second-order valence-corrected chi connectivity index (χ2v) is 6.56. The molecule has 4 atom stereocenters. The Balaban J connectivity index is 1.93. The quantitative estimate of drug-likeness (QED) is 0.328. The van der Waals surface area contributed by atoms with Gasteiger partial charge < -0.3 is 29.9 Å². The van der Waals surface area contributed by atoms with Crippen LogP contribution in [0.1, 0.15) is 31.7 Å². The molecule has 1 aliphatic rings. The summed E-state index contributed by atoms with van der Waals surface area (Å²) in [7, 11) is 0. The van der Waals surface area contributed by atoms with Crippen molar-refractivity contribution in [2.45, 2.75) is 44.5 Å². The van der Waals surface area contributed by atoms with Gasteiger partial charge in [-0.1, -0.05) is 6.07 Å². The van der Waals surface area contributed by atoms with Gasteiger partial charge in [-0.05, 0) is 43.5 Å². The van der Waals surface area contributed by atoms with Crippen molar-refractivity contribution in [2.24, 2.45) is 5.92 Å². The Morgan fingerprint density at radius 1 is 1.26 bits per heavy atom. The maximum absolute atomic E-state index is 12.1. The van der Waals surface area contributed by atoms with Crippen molar-refractivity contribution in [2.75, 3.05) is 6.61 Å². The molecule has 4 N–H and O–H groups in total. The highest BCUT2D eigenvalue weighted by Crippen LogP contribution is 2.29. The molecule has 8 heteroatoms. The number of phenolic OH excluding ortho intramolecular Hbond substituents is 2. The molecule has 0 aromatic heterocycles. The van der Waals surface area contributed by atoms with E-state index in [4.69, 9.17) is 14.6 Å². The minimum Gasteiger partial charge on any atom is -0.504 e. The van der Waals surface area contributed by atoms with Gasteiger partial charge in [-0.2, -0.15) is 0 Å². The number of phenols is 2. The van der Waals surface area contributed by atoms with Gasteiger partial charge in [-0.3, -0.25) is 4.79 Å². The zero-order chi connectivity index (χ0) is 20.0. The number of carbonyl (C=O) groups excluding carboxylic acids is 2. The van der Waals surface area contributed by atoms with E-state index in [9.17, 15) is 24.9 Å². The highest BCUT2D eigenvalue weighted by Gasteiger charge is 2.36. The second kappa shape index (κ2) is 9.38. The molecule has 1 aliphatic carbocycles. The number of rotatable bonds is 6. The molecular formula is C19H24O8. The molecule has 0 amide bonds. The van der Waals surface area contributed by atoms with Crippen LogP contribution < -0.4 is 0 Å². The summed E-state index contributed by atoms with van der Waals surface area (Å²) in [6.45, 7) is 1.29. The van der Waals surface area contributed by atoms with Gasteiger partial charge in [0.1, 0.15) is 12.2 Å². The molecule has 0 bridgehead atoms. The van der Waals surface area contributed by atoms with Crippen LogP contribution >= 0.6 is 0 Å². The van der Waals surface area contributed by atoms with Gasteiger partial charge in [-0.25, -0.2) is 4.79 Å². The smallest absolute Gasteiger partial charge is 0.331 e. The van der Waals surface area contributed by atoms with Crippen LogP contribution in [0.5, 0.6) is 11.5 Å². The normalized spacial score (nSPS) is 23.7. The standard InChI is InChI=1S/C19H24O8/c1-11(10-20)26-19(25)13-4-6-15(22)17(9-13)27-18(24)7-3-12-2-5-14(21)16(23)8-12/h2-3,5,7-8,11,13,15,17,20-23H,4,6,9-10H2,1H3/b7-3+/t11?,13?,15-,17-/m1/s1. The molecule has 0 saturated heterocycles. The van der Waals surface area contributed by atoms with E-state index in [0.717, 1.165) is 6.08 Å². The lowest BCUT2D eigenvalue weighted by Crippen LogP contribution is -2.40. The topological polar surface area (TPSA) is 134 Å². The minimum atomic E-state index is -0.876. The van der Waals surface area contributed by atoms with E-state index in [2.05, 4.69) is 0 Å². The van der Waals surface area contributed by atoms with E-state index in [1.54, 1.807) is 6.92 Å². The Morgan fingerprint density at radius 2 is 2.00 bits per heavy atom. The van der Waals surface area contributed by atoms with Crippen LogP contribution in [-0.4, -0.2) is 57.3 Å². The van der Waals surface area contributed by atoms with E-state index in [0.29, 0.717) is 18.4 Å². The van der Waals surface area contributed by atoms with E-state index < -0.39 is 36.2 Å². The van der Waals surface area contributed by atoms with Gasteiger partial charge in [0.25, 0.3) is 0 Å². The van der Waals surface area contributed by atoms with Gasteiger partial charge >= 0.3 is 11.9 Å². The summed E-state index contributed by atoms with van der Waals surface area (Å²) in [5.41, 5.74) is 0.478. The molecule has 1 saturated carbocycles. The number of esters is 2. The van der Waals surface area contributed by atoms with Crippen molar-refractivity contribution in [1.29, 1.82) is 0 Å². The number of hydrogen-bond donors (Lipinski definition) is 4. The third-order valence-corrected chi connectivity index (χ3v) is 4.34. The number of ether oxygens (including phenoxy) is 2. The lowest BCUT2D eigenvalue weighted by atomic mass is 9.85. The Kier molecular flexibility index (Phi) is 7.20. The number of aliphatic hydroxyl groups is 2. The molecule has 148 valence electrons. The van der Waals surface area contributed by atoms with Crippen LogP contribution in [0, 0.1) is 5.92 Å². The highest BCUT2D eigenvalue weighted by molar-refractivity contribution is 5.87. The molecule has 2 unspecified atom stereocenters. The van der Waals surface area contributed by atoms with Crippen LogP contribution in [0.25, 0.3) is 6.08 Å². The Hall–Kier alpha value is -2.58. The van der Waals surface area contributed by atoms with Crippen molar-refractivity contribution in [3.63, 3.8) is 0 Å². The zero-order valence-electron chi connectivity index (χ0n) is 14.9. The maximum Gasteiger partial charge on any atom is 0.331 e. The van der Waals surface area contributed by atoms with Crippen molar-refractivity contribution >= 4 is 18.0 Å². The van der Waals surface area contributed by atoms with Gasteiger partial charge in [0.15, 0.2) is 11.5 Å². The number of benzene rings is 1. The fourth-order valence-electron chi connectivity index (χ4n) is 2.78. The van der Waals surface area contributed by atoms with E-state index in [1.807, 2.05) is 0 Å². The monoisotopic (exact) mass is 380 g/mol. The van der Waals surface area contributed by atoms with E-state index in [1.165, 1.54) is 24.3 Å². The summed E-state index contributed by atoms with van der Waals surface area (Å²) in [4.78, 5) is 24.1. The first-order chi connectivity index (χ1) is 12.8. The second-order valence-electron chi connectivity index (χ2n) is 6.56. The van der Waals surface area contributed by atoms with E-state index >= 15 is 0 Å². The first kappa shape index (κ1) is 20.7. The van der Waals surface area contributed by atoms with Crippen molar-refractivity contribution in [3.05, 3.63) is 29.8 Å². The van der Waals surface area contributed by atoms with Crippen LogP contribution in [0.15, 0.2) is 24.3 Å². The van der Waals surface area contributed by atoms with Gasteiger partial charge in [0, 0.05) is 12.5 Å². The fraction of sp³-hybridized carbons (Fsp3) is 0.474. The molecule has 8 nitrogen and oxygen atoms in total. The number of aromatic hydroxyl groups is 2. The van der Waals surface area contributed by atoms with Crippen LogP contribution in [0.3, 0.4) is 0 Å². The molecule has 1 fully saturated rings. The average Bonchev–Trinajstić information content (AvgIpc) is 2.64. The zero-order valence-corrected chi connectivity index (χ0v) is 14.9. The fourth-order valence-corrected chi connectivity index (χ4v) is 2.78. The lowest BCUT2D eigenvalue weighted by Gasteiger charge is -2.31. The minimum absolute atomic E-state index is 0.137. The predicted molar refractivity (Wildman–Crippen MR) is 94.7 cm³/mol. The summed E-state index contributed by atoms with van der Waals surface area (Å²) in [6, 6.07) is 4.07. The Morgan fingerprint density at radius 3 is 2.67 bits per heavy atom. The summed E-state index contributed by atoms with van der Waals surface area (Å²) >= 11 is 0. The molecule has 27 heavy (non-hydrogen) atoms. The third kappa shape index (κ3) is 5.97. The first-order valence-corrected chi connectivity index (χ1v) is 8.70. The number of hydrogen-bond acceptors (Lipinski definition) is 8. The largest absolute Gasteiger partial charge is 0.504 e. The van der Waals surface area contributed by atoms with Crippen LogP contribution in [-0.2, 0) is 19.1 Å². The average molecular weight is 380 g/mol. The first-order valence-electron chi connectivity index (χ1n) is 8.70. The molecule has 0 spiro atoms. The highest BCUT2D eigenvalue weighted by atomic mass is 16.6. The van der Waals surface area contributed by atoms with Crippen molar-refractivity contribution in [3.8, 4) is 11.5 Å². The van der Waals surface area contributed by atoms with Gasteiger partial charge in [0.2, 0.25) is 0 Å². The maximum atomic E-state index is 12.1. The molecular weight excluding hydrogens is 356 g/mol. The molecule has 0 aliphatic heterocycles. The molecule has 0 radical (unpaired) electrons. The number of aliphatic hydroxyl groups excluding tert-OH is 2. The summed E-state index contributed by atoms with van der Waals surface area (Å²) in [6.07, 6.45) is 1.04. The van der Waals surface area contributed by atoms with Gasteiger partial charge in [-0.15, -0.1) is 0 Å². The SMILES string of the molecule is CC(CO)OC(=O)C1CC[C@@H](O)[C@H](OC(=O)/C=C/c2ccc(O)c(O)c2)C1. The Bertz CT molecular complexity index is 699. The molecule has 0 heterocycles. The molecule has 2 rings (SSSR count). The Labute approximate surface area is 156 Å². The van der Waals surface area contributed by atoms with Crippen molar-refractivity contribution < 1.29 is 39.5 Å². The van der Waals surface area contributed by atoms with Gasteiger partial charge in [0.05, 0.1) is 18.6 Å². The van der Waals surface area contributed by atoms with Crippen molar-refractivity contribution in [1.82, 2.24) is 0 Å². The predicted octanol–water partition coefficient (Wildman–Crippen LogP) is 1.11. The van der Waals surface area contributed by atoms with Crippen LogP contribution in [0.2, 0.25) is 0 Å². The summed E-state index contributed by atoms with van der Waals surface area (Å²) in [5, 5.41) is 37.7. The van der Waals surface area contributed by atoms with E-state index in [-0.39, 0.29) is 24.5 Å².